The Hall–Kier alpha value is -3.05. The lowest BCUT2D eigenvalue weighted by Gasteiger charge is -2.37. The van der Waals surface area contributed by atoms with E-state index in [4.69, 9.17) is 9.47 Å². The van der Waals surface area contributed by atoms with Crippen molar-refractivity contribution in [2.24, 2.45) is 11.8 Å². The largest absolute Gasteiger partial charge is 0.396 e. The van der Waals surface area contributed by atoms with E-state index in [2.05, 4.69) is 18.1 Å². The van der Waals surface area contributed by atoms with Crippen molar-refractivity contribution in [2.75, 3.05) is 65.6 Å². The van der Waals surface area contributed by atoms with Gasteiger partial charge in [-0.3, -0.25) is 19.3 Å². The van der Waals surface area contributed by atoms with Crippen LogP contribution in [0.3, 0.4) is 0 Å². The summed E-state index contributed by atoms with van der Waals surface area (Å²) in [6.07, 6.45) is 8.34. The minimum atomic E-state index is -1.07. The number of ether oxygens (including phenoxy) is 2. The van der Waals surface area contributed by atoms with E-state index in [1.807, 2.05) is 42.2 Å². The molecule has 10 heteroatoms. The number of benzene rings is 1. The first-order valence-electron chi connectivity index (χ1n) is 17.6. The quantitative estimate of drug-likeness (QED) is 0.192. The lowest BCUT2D eigenvalue weighted by Crippen LogP contribution is -2.57. The molecule has 0 aliphatic carbocycles. The number of hydrogen-bond acceptors (Lipinski definition) is 7. The Bertz CT molecular complexity index is 1250. The van der Waals surface area contributed by atoms with Crippen LogP contribution >= 0.6 is 0 Å². The van der Waals surface area contributed by atoms with E-state index < -0.39 is 29.1 Å². The van der Waals surface area contributed by atoms with E-state index in [1.165, 1.54) is 0 Å². The number of aliphatic hydroxyl groups excluding tert-OH is 1. The summed E-state index contributed by atoms with van der Waals surface area (Å²) < 4.78 is 12.6. The van der Waals surface area contributed by atoms with E-state index in [9.17, 15) is 19.5 Å². The molecule has 1 aromatic rings. The second kappa shape index (κ2) is 15.9. The molecular weight excluding hydrogens is 596 g/mol. The van der Waals surface area contributed by atoms with Crippen molar-refractivity contribution in [3.05, 3.63) is 61.2 Å². The van der Waals surface area contributed by atoms with E-state index in [-0.39, 0.29) is 24.3 Å². The van der Waals surface area contributed by atoms with Crippen LogP contribution in [0.25, 0.3) is 0 Å². The lowest BCUT2D eigenvalue weighted by atomic mass is 9.64. The summed E-state index contributed by atoms with van der Waals surface area (Å²) in [5, 5.41) is 9.28. The maximum Gasteiger partial charge on any atom is 0.248 e. The van der Waals surface area contributed by atoms with Crippen LogP contribution in [0, 0.1) is 11.8 Å². The summed E-state index contributed by atoms with van der Waals surface area (Å²) in [4.78, 5) is 51.8. The molecule has 1 N–H and O–H groups in total. The molecule has 4 aliphatic rings. The van der Waals surface area contributed by atoms with Crippen molar-refractivity contribution >= 4 is 17.7 Å². The van der Waals surface area contributed by atoms with Gasteiger partial charge >= 0.3 is 0 Å². The molecular formula is C37H54N4O6. The molecule has 4 aliphatic heterocycles. The predicted molar refractivity (Wildman–Crippen MR) is 180 cm³/mol. The molecule has 47 heavy (non-hydrogen) atoms. The summed E-state index contributed by atoms with van der Waals surface area (Å²) in [5.74, 6) is -1.81. The Morgan fingerprint density at radius 3 is 2.36 bits per heavy atom. The van der Waals surface area contributed by atoms with E-state index >= 15 is 0 Å². The average molecular weight is 651 g/mol. The first-order chi connectivity index (χ1) is 22.9. The fraction of sp³-hybridized carbons (Fsp3) is 0.649. The highest BCUT2D eigenvalue weighted by Crippen LogP contribution is 2.64. The van der Waals surface area contributed by atoms with Gasteiger partial charge in [-0.2, -0.15) is 0 Å². The van der Waals surface area contributed by atoms with Crippen LogP contribution in [-0.4, -0.2) is 125 Å². The van der Waals surface area contributed by atoms with Gasteiger partial charge in [-0.25, -0.2) is 0 Å². The summed E-state index contributed by atoms with van der Waals surface area (Å²) in [7, 11) is 0. The zero-order valence-electron chi connectivity index (χ0n) is 28.2. The zero-order valence-corrected chi connectivity index (χ0v) is 28.2. The fourth-order valence-corrected chi connectivity index (χ4v) is 8.46. The normalized spacial score (nSPS) is 28.3. The standard InChI is InChI=1S/C37H54N4O6/c1-4-18-39(22-21-38-23-26-46-27-24-38)35(45)32-37-17-16-36(6-3,47-37)30(31(37)34(44)41(32)20-12-7-8-13-25-42)33(43)40(19-5-2)28-29-14-10-9-11-15-29/h4-5,9-11,14-15,30-32,42H,1-2,6-8,12-13,16-28H2,3H3/t30-,31-,32?,36+,37?/m0/s1. The third kappa shape index (κ3) is 7.07. The number of rotatable bonds is 18. The van der Waals surface area contributed by atoms with Gasteiger partial charge in [-0.1, -0.05) is 62.2 Å². The first-order valence-corrected chi connectivity index (χ1v) is 17.6. The van der Waals surface area contributed by atoms with Gasteiger partial charge in [0.2, 0.25) is 17.7 Å². The number of carbonyl (C=O) groups excluding carboxylic acids is 3. The maximum absolute atomic E-state index is 14.8. The highest BCUT2D eigenvalue weighted by atomic mass is 16.5. The Balaban J connectivity index is 1.47. The molecule has 4 fully saturated rings. The van der Waals surface area contributed by atoms with Crippen LogP contribution in [0.5, 0.6) is 0 Å². The molecule has 5 rings (SSSR count). The minimum absolute atomic E-state index is 0.109. The number of unbranched alkanes of at least 4 members (excludes halogenated alkanes) is 3. The SMILES string of the molecule is C=CCN(CCN1CCOCC1)C(=O)C1N(CCCCCCO)C(=O)[C@@H]2[C@@H](C(=O)N(CC=C)Cc3ccccc3)[C@@]3(CC)CCC12O3. The first kappa shape index (κ1) is 35.3. The highest BCUT2D eigenvalue weighted by Gasteiger charge is 2.79. The molecule has 2 bridgehead atoms. The molecule has 4 saturated heterocycles. The maximum atomic E-state index is 14.8. The molecule has 0 radical (unpaired) electrons. The predicted octanol–water partition coefficient (Wildman–Crippen LogP) is 3.26. The summed E-state index contributed by atoms with van der Waals surface area (Å²) in [6, 6.07) is 9.05. The molecule has 2 unspecified atom stereocenters. The molecule has 10 nitrogen and oxygen atoms in total. The fourth-order valence-electron chi connectivity index (χ4n) is 8.46. The van der Waals surface area contributed by atoms with Crippen molar-refractivity contribution < 1.29 is 29.0 Å². The smallest absolute Gasteiger partial charge is 0.248 e. The van der Waals surface area contributed by atoms with Crippen LogP contribution < -0.4 is 0 Å². The highest BCUT2D eigenvalue weighted by molar-refractivity contribution is 5.99. The monoisotopic (exact) mass is 650 g/mol. The molecule has 1 aromatic carbocycles. The Labute approximate surface area is 280 Å². The molecule has 1 spiro atoms. The zero-order chi connectivity index (χ0) is 33.4. The summed E-state index contributed by atoms with van der Waals surface area (Å²) in [6.45, 7) is 15.8. The topological polar surface area (TPSA) is 103 Å². The second-order valence-corrected chi connectivity index (χ2v) is 13.5. The average Bonchev–Trinajstić information content (AvgIpc) is 3.70. The molecule has 0 saturated carbocycles. The van der Waals surface area contributed by atoms with Gasteiger partial charge in [0.05, 0.1) is 30.7 Å². The van der Waals surface area contributed by atoms with Crippen LogP contribution in [0.15, 0.2) is 55.6 Å². The van der Waals surface area contributed by atoms with Gasteiger partial charge in [0.15, 0.2) is 0 Å². The van der Waals surface area contributed by atoms with Gasteiger partial charge in [0, 0.05) is 59.0 Å². The van der Waals surface area contributed by atoms with Gasteiger partial charge in [-0.15, -0.1) is 13.2 Å². The number of aliphatic hydroxyl groups is 1. The lowest BCUT2D eigenvalue weighted by molar-refractivity contribution is -0.155. The van der Waals surface area contributed by atoms with Crippen molar-refractivity contribution in [1.82, 2.24) is 19.6 Å². The third-order valence-electron chi connectivity index (χ3n) is 10.8. The number of amides is 3. The summed E-state index contributed by atoms with van der Waals surface area (Å²) >= 11 is 0. The van der Waals surface area contributed by atoms with Gasteiger partial charge in [-0.05, 0) is 37.7 Å². The van der Waals surface area contributed by atoms with Crippen molar-refractivity contribution in [3.63, 3.8) is 0 Å². The third-order valence-corrected chi connectivity index (χ3v) is 10.8. The van der Waals surface area contributed by atoms with Crippen molar-refractivity contribution in [1.29, 1.82) is 0 Å². The van der Waals surface area contributed by atoms with Gasteiger partial charge in [0.25, 0.3) is 0 Å². The number of fused-ring (bicyclic) bond motifs is 1. The molecule has 258 valence electrons. The number of likely N-dealkylation sites (tertiary alicyclic amines) is 1. The van der Waals surface area contributed by atoms with Gasteiger partial charge in [0.1, 0.15) is 11.6 Å². The number of morpholine rings is 1. The molecule has 4 heterocycles. The molecule has 5 atom stereocenters. The van der Waals surface area contributed by atoms with Crippen molar-refractivity contribution in [2.45, 2.75) is 75.7 Å². The number of hydrogen-bond donors (Lipinski definition) is 1. The Morgan fingerprint density at radius 1 is 0.979 bits per heavy atom. The van der Waals surface area contributed by atoms with Gasteiger partial charge < -0.3 is 29.3 Å². The number of carbonyl (C=O) groups is 3. The van der Waals surface area contributed by atoms with Crippen LogP contribution in [-0.2, 0) is 30.4 Å². The Morgan fingerprint density at radius 2 is 1.68 bits per heavy atom. The van der Waals surface area contributed by atoms with E-state index in [0.29, 0.717) is 84.6 Å². The molecule has 3 amide bonds. The van der Waals surface area contributed by atoms with E-state index in [1.54, 1.807) is 22.0 Å². The van der Waals surface area contributed by atoms with Crippen LogP contribution in [0.2, 0.25) is 0 Å². The van der Waals surface area contributed by atoms with Crippen molar-refractivity contribution in [3.8, 4) is 0 Å². The minimum Gasteiger partial charge on any atom is -0.396 e. The Kier molecular flexibility index (Phi) is 11.9. The number of nitrogens with zero attached hydrogens (tertiary/aromatic N) is 4. The van der Waals surface area contributed by atoms with Crippen LogP contribution in [0.1, 0.15) is 57.4 Å². The molecule has 0 aromatic heterocycles. The van der Waals surface area contributed by atoms with Crippen LogP contribution in [0.4, 0.5) is 0 Å². The summed E-state index contributed by atoms with van der Waals surface area (Å²) in [5.41, 5.74) is -0.876. The second-order valence-electron chi connectivity index (χ2n) is 13.5. The van der Waals surface area contributed by atoms with E-state index in [0.717, 1.165) is 31.5 Å².